The van der Waals surface area contributed by atoms with Crippen molar-refractivity contribution < 1.29 is 14.3 Å². The standard InChI is InChI=1S/C12H23N3O3/c1-3-18-11(16)9-14-12(17)13-8-10-4-6-15(2)7-5-10/h10H,3-9H2,1-2H3,(H2,13,14,17). The number of carbonyl (C=O) groups excluding carboxylic acids is 2. The molecular weight excluding hydrogens is 234 g/mol. The molecule has 6 heteroatoms. The van der Waals surface area contributed by atoms with Crippen molar-refractivity contribution in [1.29, 1.82) is 0 Å². The number of carbonyl (C=O) groups is 2. The SMILES string of the molecule is CCOC(=O)CNC(=O)NCC1CCN(C)CC1. The van der Waals surface area contributed by atoms with Gasteiger partial charge in [-0.3, -0.25) is 4.79 Å². The maximum Gasteiger partial charge on any atom is 0.325 e. The summed E-state index contributed by atoms with van der Waals surface area (Å²) in [5, 5.41) is 5.27. The molecule has 2 amide bonds. The van der Waals surface area contributed by atoms with Gasteiger partial charge in [0, 0.05) is 6.54 Å². The fourth-order valence-corrected chi connectivity index (χ4v) is 1.93. The number of hydrogen-bond acceptors (Lipinski definition) is 4. The zero-order valence-electron chi connectivity index (χ0n) is 11.2. The van der Waals surface area contributed by atoms with Gasteiger partial charge < -0.3 is 20.3 Å². The van der Waals surface area contributed by atoms with Crippen LogP contribution in [0.25, 0.3) is 0 Å². The molecule has 1 saturated heterocycles. The molecule has 104 valence electrons. The van der Waals surface area contributed by atoms with Crippen LogP contribution < -0.4 is 10.6 Å². The summed E-state index contributed by atoms with van der Waals surface area (Å²) in [6.45, 7) is 4.82. The highest BCUT2D eigenvalue weighted by Crippen LogP contribution is 2.14. The summed E-state index contributed by atoms with van der Waals surface area (Å²) >= 11 is 0. The van der Waals surface area contributed by atoms with Crippen LogP contribution in [0.1, 0.15) is 19.8 Å². The van der Waals surface area contributed by atoms with Crippen molar-refractivity contribution >= 4 is 12.0 Å². The first-order chi connectivity index (χ1) is 8.61. The van der Waals surface area contributed by atoms with Crippen molar-refractivity contribution in [3.8, 4) is 0 Å². The number of urea groups is 1. The molecule has 0 unspecified atom stereocenters. The van der Waals surface area contributed by atoms with Gasteiger partial charge in [-0.25, -0.2) is 4.79 Å². The van der Waals surface area contributed by atoms with Crippen LogP contribution in [-0.2, 0) is 9.53 Å². The summed E-state index contributed by atoms with van der Waals surface area (Å²) in [4.78, 5) is 24.7. The maximum absolute atomic E-state index is 11.4. The maximum atomic E-state index is 11.4. The molecule has 0 spiro atoms. The van der Waals surface area contributed by atoms with Gasteiger partial charge in [0.25, 0.3) is 0 Å². The molecule has 1 aliphatic rings. The van der Waals surface area contributed by atoms with E-state index in [2.05, 4.69) is 22.6 Å². The molecule has 1 fully saturated rings. The summed E-state index contributed by atoms with van der Waals surface area (Å²) in [6.07, 6.45) is 2.21. The van der Waals surface area contributed by atoms with E-state index in [9.17, 15) is 9.59 Å². The van der Waals surface area contributed by atoms with Crippen LogP contribution in [0.3, 0.4) is 0 Å². The number of piperidine rings is 1. The predicted molar refractivity (Wildman–Crippen MR) is 68.3 cm³/mol. The quantitative estimate of drug-likeness (QED) is 0.690. The zero-order valence-corrected chi connectivity index (χ0v) is 11.2. The molecule has 2 N–H and O–H groups in total. The lowest BCUT2D eigenvalue weighted by molar-refractivity contribution is -0.141. The minimum atomic E-state index is -0.410. The van der Waals surface area contributed by atoms with E-state index >= 15 is 0 Å². The molecule has 0 saturated carbocycles. The van der Waals surface area contributed by atoms with Gasteiger partial charge >= 0.3 is 12.0 Å². The molecule has 1 rings (SSSR count). The topological polar surface area (TPSA) is 70.7 Å². The van der Waals surface area contributed by atoms with Crippen molar-refractivity contribution in [1.82, 2.24) is 15.5 Å². The lowest BCUT2D eigenvalue weighted by Gasteiger charge is -2.28. The Kier molecular flexibility index (Phi) is 6.49. The number of hydrogen-bond donors (Lipinski definition) is 2. The Hall–Kier alpha value is -1.30. The summed E-state index contributed by atoms with van der Waals surface area (Å²) in [6, 6.07) is -0.304. The van der Waals surface area contributed by atoms with Crippen LogP contribution in [0.4, 0.5) is 4.79 Å². The van der Waals surface area contributed by atoms with Gasteiger partial charge in [0.05, 0.1) is 6.61 Å². The summed E-state index contributed by atoms with van der Waals surface area (Å²) < 4.78 is 4.71. The smallest absolute Gasteiger partial charge is 0.325 e. The molecular formula is C12H23N3O3. The van der Waals surface area contributed by atoms with Gasteiger partial charge in [-0.1, -0.05) is 0 Å². The molecule has 1 aliphatic heterocycles. The Balaban J connectivity index is 2.08. The number of nitrogens with one attached hydrogen (secondary N) is 2. The van der Waals surface area contributed by atoms with Crippen molar-refractivity contribution in [3.05, 3.63) is 0 Å². The summed E-state index contributed by atoms with van der Waals surface area (Å²) in [7, 11) is 2.11. The number of nitrogens with zero attached hydrogens (tertiary/aromatic N) is 1. The van der Waals surface area contributed by atoms with Crippen LogP contribution >= 0.6 is 0 Å². The predicted octanol–water partition coefficient (Wildman–Crippen LogP) is 0.191. The van der Waals surface area contributed by atoms with E-state index in [1.54, 1.807) is 6.92 Å². The van der Waals surface area contributed by atoms with Gasteiger partial charge in [0.2, 0.25) is 0 Å². The first-order valence-corrected chi connectivity index (χ1v) is 6.47. The molecule has 6 nitrogen and oxygen atoms in total. The molecule has 1 heterocycles. The highest BCUT2D eigenvalue weighted by atomic mass is 16.5. The number of ether oxygens (including phenoxy) is 1. The number of amides is 2. The first-order valence-electron chi connectivity index (χ1n) is 6.47. The fraction of sp³-hybridized carbons (Fsp3) is 0.833. The largest absolute Gasteiger partial charge is 0.465 e. The second-order valence-electron chi connectivity index (χ2n) is 4.62. The fourth-order valence-electron chi connectivity index (χ4n) is 1.93. The highest BCUT2D eigenvalue weighted by molar-refractivity contribution is 5.80. The van der Waals surface area contributed by atoms with E-state index in [0.29, 0.717) is 19.1 Å². The van der Waals surface area contributed by atoms with Crippen LogP contribution in [0, 0.1) is 5.92 Å². The Morgan fingerprint density at radius 2 is 1.94 bits per heavy atom. The second kappa shape index (κ2) is 7.92. The van der Waals surface area contributed by atoms with E-state index < -0.39 is 5.97 Å². The van der Waals surface area contributed by atoms with Gasteiger partial charge in [-0.05, 0) is 45.8 Å². The van der Waals surface area contributed by atoms with E-state index in [0.717, 1.165) is 25.9 Å². The summed E-state index contributed by atoms with van der Waals surface area (Å²) in [5.41, 5.74) is 0. The lowest BCUT2D eigenvalue weighted by Crippen LogP contribution is -2.42. The monoisotopic (exact) mass is 257 g/mol. The Morgan fingerprint density at radius 1 is 1.28 bits per heavy atom. The molecule has 0 aromatic rings. The van der Waals surface area contributed by atoms with Crippen molar-refractivity contribution in [3.63, 3.8) is 0 Å². The molecule has 0 aliphatic carbocycles. The first kappa shape index (κ1) is 14.8. The lowest BCUT2D eigenvalue weighted by atomic mass is 9.97. The van der Waals surface area contributed by atoms with Crippen LogP contribution in [-0.4, -0.2) is 56.7 Å². The van der Waals surface area contributed by atoms with Crippen molar-refractivity contribution in [2.75, 3.05) is 39.8 Å². The Labute approximate surface area is 108 Å². The number of likely N-dealkylation sites (tertiary alicyclic amines) is 1. The Bertz CT molecular complexity index is 276. The van der Waals surface area contributed by atoms with Gasteiger partial charge in [-0.2, -0.15) is 0 Å². The average Bonchev–Trinajstić information content (AvgIpc) is 2.36. The van der Waals surface area contributed by atoms with Crippen molar-refractivity contribution in [2.45, 2.75) is 19.8 Å². The minimum Gasteiger partial charge on any atom is -0.465 e. The molecule has 0 aromatic carbocycles. The number of rotatable bonds is 5. The van der Waals surface area contributed by atoms with Crippen LogP contribution in [0.5, 0.6) is 0 Å². The average molecular weight is 257 g/mol. The zero-order chi connectivity index (χ0) is 13.4. The normalized spacial score (nSPS) is 17.2. The third kappa shape index (κ3) is 5.86. The summed E-state index contributed by atoms with van der Waals surface area (Å²) in [5.74, 6) is 0.126. The third-order valence-electron chi connectivity index (χ3n) is 3.09. The number of esters is 1. The van der Waals surface area contributed by atoms with Crippen LogP contribution in [0.15, 0.2) is 0 Å². The molecule has 0 bridgehead atoms. The van der Waals surface area contributed by atoms with Gasteiger partial charge in [0.15, 0.2) is 0 Å². The van der Waals surface area contributed by atoms with Gasteiger partial charge in [-0.15, -0.1) is 0 Å². The third-order valence-corrected chi connectivity index (χ3v) is 3.09. The van der Waals surface area contributed by atoms with E-state index in [1.807, 2.05) is 0 Å². The van der Waals surface area contributed by atoms with Crippen LogP contribution in [0.2, 0.25) is 0 Å². The van der Waals surface area contributed by atoms with Crippen molar-refractivity contribution in [2.24, 2.45) is 5.92 Å². The molecule has 18 heavy (non-hydrogen) atoms. The van der Waals surface area contributed by atoms with E-state index in [4.69, 9.17) is 4.74 Å². The van der Waals surface area contributed by atoms with E-state index in [1.165, 1.54) is 0 Å². The molecule has 0 aromatic heterocycles. The Morgan fingerprint density at radius 3 is 2.56 bits per heavy atom. The minimum absolute atomic E-state index is 0.0763. The van der Waals surface area contributed by atoms with Gasteiger partial charge in [0.1, 0.15) is 6.54 Å². The second-order valence-corrected chi connectivity index (χ2v) is 4.62. The highest BCUT2D eigenvalue weighted by Gasteiger charge is 2.17. The molecule has 0 radical (unpaired) electrons. The molecule has 0 atom stereocenters. The van der Waals surface area contributed by atoms with E-state index in [-0.39, 0.29) is 12.6 Å².